The number of rotatable bonds is 1. The first-order valence-electron chi connectivity index (χ1n) is 3.58. The van der Waals surface area contributed by atoms with Crippen LogP contribution in [0.2, 0.25) is 0 Å². The Hall–Kier alpha value is -0.300. The Labute approximate surface area is 66.1 Å². The Balaban J connectivity index is 2.53. The third-order valence-corrected chi connectivity index (χ3v) is 2.18. The van der Waals surface area contributed by atoms with Crippen LogP contribution in [0.4, 0.5) is 0 Å². The van der Waals surface area contributed by atoms with Crippen LogP contribution in [0.5, 0.6) is 0 Å². The summed E-state index contributed by atoms with van der Waals surface area (Å²) in [4.78, 5) is 10.6. The van der Waals surface area contributed by atoms with E-state index in [0.29, 0.717) is 5.92 Å². The molecule has 2 atom stereocenters. The zero-order valence-electron chi connectivity index (χ0n) is 6.01. The second-order valence-electron chi connectivity index (χ2n) is 2.85. The maximum Gasteiger partial charge on any atom is 0.228 e. The zero-order valence-corrected chi connectivity index (χ0v) is 6.77. The van der Waals surface area contributed by atoms with E-state index in [0.717, 1.165) is 12.8 Å². The normalized spacial score (nSPS) is 32.2. The van der Waals surface area contributed by atoms with Gasteiger partial charge >= 0.3 is 0 Å². The van der Waals surface area contributed by atoms with Gasteiger partial charge in [0.25, 0.3) is 0 Å². The number of hydrogen-bond acceptors (Lipinski definition) is 1. The fraction of sp³-hybridized carbons (Fsp3) is 0.625. The van der Waals surface area contributed by atoms with Gasteiger partial charge in [0.2, 0.25) is 5.24 Å². The highest BCUT2D eigenvalue weighted by molar-refractivity contribution is 6.64. The molecule has 0 fully saturated rings. The SMILES string of the molecule is C[C@H]1C=C[C@@H](C(=O)Cl)CC1. The van der Waals surface area contributed by atoms with Crippen LogP contribution in [0.1, 0.15) is 19.8 Å². The molecular weight excluding hydrogens is 148 g/mol. The Morgan fingerprint density at radius 3 is 2.60 bits per heavy atom. The lowest BCUT2D eigenvalue weighted by Crippen LogP contribution is -2.11. The van der Waals surface area contributed by atoms with Gasteiger partial charge in [-0.3, -0.25) is 4.79 Å². The van der Waals surface area contributed by atoms with Crippen molar-refractivity contribution in [2.75, 3.05) is 0 Å². The molecule has 0 N–H and O–H groups in total. The van der Waals surface area contributed by atoms with Gasteiger partial charge in [-0.15, -0.1) is 0 Å². The molecule has 0 unspecified atom stereocenters. The minimum Gasteiger partial charge on any atom is -0.281 e. The Bertz CT molecular complexity index is 163. The van der Waals surface area contributed by atoms with Gasteiger partial charge in [-0.1, -0.05) is 19.1 Å². The first-order chi connectivity index (χ1) is 4.70. The number of carbonyl (C=O) groups is 1. The lowest BCUT2D eigenvalue weighted by Gasteiger charge is -2.16. The van der Waals surface area contributed by atoms with Crippen molar-refractivity contribution in [3.8, 4) is 0 Å². The Kier molecular flexibility index (Phi) is 2.50. The molecule has 1 aliphatic carbocycles. The standard InChI is InChI=1S/C8H11ClO/c1-6-2-4-7(5-3-6)8(9)10/h2,4,6-7H,3,5H2,1H3/t6-,7+/m0/s1. The molecule has 56 valence electrons. The number of halogens is 1. The quantitative estimate of drug-likeness (QED) is 0.423. The molecular formula is C8H11ClO. The molecule has 0 radical (unpaired) electrons. The smallest absolute Gasteiger partial charge is 0.228 e. The van der Waals surface area contributed by atoms with E-state index in [1.165, 1.54) is 0 Å². The van der Waals surface area contributed by atoms with E-state index in [-0.39, 0.29) is 11.2 Å². The van der Waals surface area contributed by atoms with Crippen LogP contribution in [0, 0.1) is 11.8 Å². The lowest BCUT2D eigenvalue weighted by atomic mass is 9.91. The molecule has 0 aromatic carbocycles. The highest BCUT2D eigenvalue weighted by atomic mass is 35.5. The van der Waals surface area contributed by atoms with Crippen LogP contribution in [0.25, 0.3) is 0 Å². The summed E-state index contributed by atoms with van der Waals surface area (Å²) in [6, 6.07) is 0. The largest absolute Gasteiger partial charge is 0.281 e. The monoisotopic (exact) mass is 158 g/mol. The van der Waals surface area contributed by atoms with Crippen molar-refractivity contribution in [1.29, 1.82) is 0 Å². The summed E-state index contributed by atoms with van der Waals surface area (Å²) in [6.45, 7) is 2.14. The molecule has 0 spiro atoms. The van der Waals surface area contributed by atoms with Crippen molar-refractivity contribution < 1.29 is 4.79 Å². The maximum absolute atomic E-state index is 10.6. The second kappa shape index (κ2) is 3.20. The van der Waals surface area contributed by atoms with E-state index in [4.69, 9.17) is 11.6 Å². The average Bonchev–Trinajstić information content (AvgIpc) is 1.88. The minimum atomic E-state index is -0.219. The zero-order chi connectivity index (χ0) is 7.56. The van der Waals surface area contributed by atoms with Crippen molar-refractivity contribution in [3.63, 3.8) is 0 Å². The molecule has 1 rings (SSSR count). The highest BCUT2D eigenvalue weighted by Crippen LogP contribution is 2.22. The molecule has 1 aliphatic rings. The molecule has 0 aliphatic heterocycles. The van der Waals surface area contributed by atoms with Crippen LogP contribution in [0.3, 0.4) is 0 Å². The van der Waals surface area contributed by atoms with Crippen LogP contribution < -0.4 is 0 Å². The second-order valence-corrected chi connectivity index (χ2v) is 3.22. The van der Waals surface area contributed by atoms with Crippen LogP contribution in [-0.2, 0) is 4.79 Å². The topological polar surface area (TPSA) is 17.1 Å². The predicted octanol–water partition coefficient (Wildman–Crippen LogP) is 2.35. The van der Waals surface area contributed by atoms with Gasteiger partial charge in [0.15, 0.2) is 0 Å². The van der Waals surface area contributed by atoms with Crippen molar-refractivity contribution >= 4 is 16.8 Å². The van der Waals surface area contributed by atoms with Gasteiger partial charge < -0.3 is 0 Å². The Morgan fingerprint density at radius 2 is 2.20 bits per heavy atom. The summed E-state index contributed by atoms with van der Waals surface area (Å²) in [7, 11) is 0. The molecule has 0 saturated heterocycles. The number of allylic oxidation sites excluding steroid dienone is 2. The van der Waals surface area contributed by atoms with E-state index in [2.05, 4.69) is 13.0 Å². The van der Waals surface area contributed by atoms with Gasteiger partial charge in [-0.25, -0.2) is 0 Å². The molecule has 0 aromatic rings. The summed E-state index contributed by atoms with van der Waals surface area (Å²) < 4.78 is 0. The third-order valence-electron chi connectivity index (χ3n) is 1.90. The van der Waals surface area contributed by atoms with Gasteiger partial charge in [-0.05, 0) is 30.4 Å². The van der Waals surface area contributed by atoms with Gasteiger partial charge in [0.1, 0.15) is 0 Å². The van der Waals surface area contributed by atoms with E-state index in [1.54, 1.807) is 0 Å². The maximum atomic E-state index is 10.6. The van der Waals surface area contributed by atoms with Crippen molar-refractivity contribution in [2.24, 2.45) is 11.8 Å². The van der Waals surface area contributed by atoms with E-state index >= 15 is 0 Å². The summed E-state index contributed by atoms with van der Waals surface area (Å²) in [5.41, 5.74) is 0. The van der Waals surface area contributed by atoms with Crippen molar-refractivity contribution in [3.05, 3.63) is 12.2 Å². The fourth-order valence-corrected chi connectivity index (χ4v) is 1.33. The van der Waals surface area contributed by atoms with Gasteiger partial charge in [0.05, 0.1) is 5.92 Å². The summed E-state index contributed by atoms with van der Waals surface area (Å²) >= 11 is 5.31. The highest BCUT2D eigenvalue weighted by Gasteiger charge is 2.17. The summed E-state index contributed by atoms with van der Waals surface area (Å²) in [5.74, 6) is 0.602. The Morgan fingerprint density at radius 1 is 1.50 bits per heavy atom. The number of carbonyl (C=O) groups excluding carboxylic acids is 1. The minimum absolute atomic E-state index is 0.0159. The van der Waals surface area contributed by atoms with Gasteiger partial charge in [0, 0.05) is 0 Å². The van der Waals surface area contributed by atoms with E-state index in [1.807, 2.05) is 6.08 Å². The summed E-state index contributed by atoms with van der Waals surface area (Å²) in [5, 5.41) is -0.219. The molecule has 0 heterocycles. The predicted molar refractivity (Wildman–Crippen MR) is 41.9 cm³/mol. The van der Waals surface area contributed by atoms with Crippen LogP contribution in [-0.4, -0.2) is 5.24 Å². The first kappa shape index (κ1) is 7.80. The van der Waals surface area contributed by atoms with Crippen molar-refractivity contribution in [2.45, 2.75) is 19.8 Å². The number of hydrogen-bond donors (Lipinski definition) is 0. The first-order valence-corrected chi connectivity index (χ1v) is 3.95. The van der Waals surface area contributed by atoms with Gasteiger partial charge in [-0.2, -0.15) is 0 Å². The molecule has 10 heavy (non-hydrogen) atoms. The molecule has 1 nitrogen and oxygen atoms in total. The summed E-state index contributed by atoms with van der Waals surface area (Å²) in [6.07, 6.45) is 5.98. The molecule has 2 heteroatoms. The third kappa shape index (κ3) is 1.84. The van der Waals surface area contributed by atoms with Crippen LogP contribution >= 0.6 is 11.6 Å². The van der Waals surface area contributed by atoms with Crippen molar-refractivity contribution in [1.82, 2.24) is 0 Å². The lowest BCUT2D eigenvalue weighted by molar-refractivity contribution is -0.114. The molecule has 0 bridgehead atoms. The molecule has 0 aromatic heterocycles. The average molecular weight is 159 g/mol. The molecule has 0 saturated carbocycles. The van der Waals surface area contributed by atoms with E-state index < -0.39 is 0 Å². The van der Waals surface area contributed by atoms with Crippen LogP contribution in [0.15, 0.2) is 12.2 Å². The fourth-order valence-electron chi connectivity index (χ4n) is 1.15. The van der Waals surface area contributed by atoms with E-state index in [9.17, 15) is 4.79 Å². The molecule has 0 amide bonds.